The van der Waals surface area contributed by atoms with Crippen LogP contribution in [0.25, 0.3) is 0 Å². The largest absolute Gasteiger partial charge is 0.486 e. The molecule has 3 rings (SSSR count). The van der Waals surface area contributed by atoms with Gasteiger partial charge in [0.15, 0.2) is 11.5 Å². The van der Waals surface area contributed by atoms with Gasteiger partial charge in [0.1, 0.15) is 13.2 Å². The molecular formula is C20H24N2O5S. The number of ether oxygens (including phenoxy) is 2. The zero-order valence-corrected chi connectivity index (χ0v) is 16.6. The van der Waals surface area contributed by atoms with Gasteiger partial charge in [-0.2, -0.15) is 0 Å². The highest BCUT2D eigenvalue weighted by Gasteiger charge is 2.12. The van der Waals surface area contributed by atoms with Gasteiger partial charge in [0.25, 0.3) is 0 Å². The van der Waals surface area contributed by atoms with E-state index < -0.39 is 10.0 Å². The quantitative estimate of drug-likeness (QED) is 0.698. The maximum absolute atomic E-state index is 12.1. The Morgan fingerprint density at radius 3 is 2.36 bits per heavy atom. The predicted molar refractivity (Wildman–Crippen MR) is 105 cm³/mol. The molecule has 0 saturated heterocycles. The summed E-state index contributed by atoms with van der Waals surface area (Å²) in [4.78, 5) is 12.3. The van der Waals surface area contributed by atoms with Gasteiger partial charge in [0.05, 0.1) is 4.90 Å². The molecule has 2 aromatic rings. The lowest BCUT2D eigenvalue weighted by molar-refractivity contribution is -0.121. The molecule has 0 spiro atoms. The summed E-state index contributed by atoms with van der Waals surface area (Å²) in [5, 5.41) is 2.91. The standard InChI is InChI=1S/C20H24N2O5S/c1-21-28(24,25)17-6-2-15(3-7-17)5-9-20(23)22-11-10-16-4-8-18-19(14-16)27-13-12-26-18/h2-4,6-8,14,21H,5,9-13H2,1H3,(H,22,23). The van der Waals surface area contributed by atoms with Crippen LogP contribution in [-0.4, -0.2) is 41.1 Å². The molecule has 1 aliphatic heterocycles. The van der Waals surface area contributed by atoms with Crippen LogP contribution < -0.4 is 19.5 Å². The Morgan fingerprint density at radius 2 is 1.64 bits per heavy atom. The van der Waals surface area contributed by atoms with E-state index in [0.29, 0.717) is 39.0 Å². The lowest BCUT2D eigenvalue weighted by Crippen LogP contribution is -2.26. The summed E-state index contributed by atoms with van der Waals surface area (Å²) in [7, 11) is -2.06. The molecule has 0 saturated carbocycles. The van der Waals surface area contributed by atoms with Crippen LogP contribution >= 0.6 is 0 Å². The second kappa shape index (κ2) is 9.07. The Morgan fingerprint density at radius 1 is 0.964 bits per heavy atom. The Bertz CT molecular complexity index is 926. The first-order valence-electron chi connectivity index (χ1n) is 9.15. The van der Waals surface area contributed by atoms with E-state index >= 15 is 0 Å². The lowest BCUT2D eigenvalue weighted by Gasteiger charge is -2.18. The van der Waals surface area contributed by atoms with Gasteiger partial charge in [-0.3, -0.25) is 4.79 Å². The van der Waals surface area contributed by atoms with Crippen molar-refractivity contribution in [2.45, 2.75) is 24.2 Å². The number of hydrogen-bond acceptors (Lipinski definition) is 5. The SMILES string of the molecule is CNS(=O)(=O)c1ccc(CCC(=O)NCCc2ccc3c(c2)OCCO3)cc1. The maximum Gasteiger partial charge on any atom is 0.240 e. The molecule has 28 heavy (non-hydrogen) atoms. The maximum atomic E-state index is 12.1. The van der Waals surface area contributed by atoms with Crippen molar-refractivity contribution in [1.29, 1.82) is 0 Å². The Hall–Kier alpha value is -2.58. The van der Waals surface area contributed by atoms with E-state index in [4.69, 9.17) is 9.47 Å². The third-order valence-corrected chi connectivity index (χ3v) is 5.92. The van der Waals surface area contributed by atoms with Crippen molar-refractivity contribution in [2.75, 3.05) is 26.8 Å². The van der Waals surface area contributed by atoms with Gasteiger partial charge in [-0.05, 0) is 55.3 Å². The molecule has 0 bridgehead atoms. The average molecular weight is 404 g/mol. The first kappa shape index (κ1) is 20.2. The third kappa shape index (κ3) is 5.24. The minimum Gasteiger partial charge on any atom is -0.486 e. The van der Waals surface area contributed by atoms with E-state index in [1.54, 1.807) is 24.3 Å². The van der Waals surface area contributed by atoms with Gasteiger partial charge in [-0.25, -0.2) is 13.1 Å². The second-order valence-corrected chi connectivity index (χ2v) is 8.32. The van der Waals surface area contributed by atoms with E-state index in [2.05, 4.69) is 10.0 Å². The minimum atomic E-state index is -3.44. The number of aryl methyl sites for hydroxylation is 1. The van der Waals surface area contributed by atoms with Crippen LogP contribution in [0.1, 0.15) is 17.5 Å². The van der Waals surface area contributed by atoms with E-state index in [-0.39, 0.29) is 10.8 Å². The van der Waals surface area contributed by atoms with Crippen LogP contribution in [0.4, 0.5) is 0 Å². The number of hydrogen-bond donors (Lipinski definition) is 2. The molecule has 0 radical (unpaired) electrons. The van der Waals surface area contributed by atoms with Crippen LogP contribution in [-0.2, 0) is 27.7 Å². The molecule has 0 aliphatic carbocycles. The zero-order chi connectivity index (χ0) is 20.0. The van der Waals surface area contributed by atoms with E-state index in [1.165, 1.54) is 7.05 Å². The molecule has 1 amide bonds. The van der Waals surface area contributed by atoms with Crippen molar-refractivity contribution in [3.63, 3.8) is 0 Å². The fraction of sp³-hybridized carbons (Fsp3) is 0.350. The molecule has 1 aliphatic rings. The average Bonchev–Trinajstić information content (AvgIpc) is 2.72. The monoisotopic (exact) mass is 404 g/mol. The number of carbonyl (C=O) groups is 1. The first-order valence-corrected chi connectivity index (χ1v) is 10.6. The van der Waals surface area contributed by atoms with Crippen LogP contribution in [0.3, 0.4) is 0 Å². The van der Waals surface area contributed by atoms with Crippen molar-refractivity contribution < 1.29 is 22.7 Å². The third-order valence-electron chi connectivity index (χ3n) is 4.49. The molecule has 7 nitrogen and oxygen atoms in total. The summed E-state index contributed by atoms with van der Waals surface area (Å²) in [6.45, 7) is 1.66. The molecule has 2 N–H and O–H groups in total. The highest BCUT2D eigenvalue weighted by molar-refractivity contribution is 7.89. The number of fused-ring (bicyclic) bond motifs is 1. The smallest absolute Gasteiger partial charge is 0.240 e. The van der Waals surface area contributed by atoms with Gasteiger partial charge in [-0.1, -0.05) is 18.2 Å². The summed E-state index contributed by atoms with van der Waals surface area (Å²) in [5.41, 5.74) is 1.99. The number of sulfonamides is 1. The summed E-state index contributed by atoms with van der Waals surface area (Å²) in [6, 6.07) is 12.4. The minimum absolute atomic E-state index is 0.0375. The van der Waals surface area contributed by atoms with Crippen LogP contribution in [0, 0.1) is 0 Å². The fourth-order valence-corrected chi connectivity index (χ4v) is 3.62. The van der Waals surface area contributed by atoms with Crippen LogP contribution in [0.5, 0.6) is 11.5 Å². The van der Waals surface area contributed by atoms with Crippen molar-refractivity contribution in [3.8, 4) is 11.5 Å². The normalized spacial score (nSPS) is 13.2. The van der Waals surface area contributed by atoms with Gasteiger partial charge in [-0.15, -0.1) is 0 Å². The van der Waals surface area contributed by atoms with Crippen molar-refractivity contribution in [3.05, 3.63) is 53.6 Å². The first-order chi connectivity index (χ1) is 13.5. The highest BCUT2D eigenvalue weighted by Crippen LogP contribution is 2.30. The number of benzene rings is 2. The zero-order valence-electron chi connectivity index (χ0n) is 15.7. The van der Waals surface area contributed by atoms with E-state index in [0.717, 1.165) is 22.6 Å². The van der Waals surface area contributed by atoms with Crippen molar-refractivity contribution >= 4 is 15.9 Å². The van der Waals surface area contributed by atoms with Gasteiger partial charge >= 0.3 is 0 Å². The summed E-state index contributed by atoms with van der Waals surface area (Å²) >= 11 is 0. The molecule has 2 aromatic carbocycles. The predicted octanol–water partition coefficient (Wildman–Crippen LogP) is 1.66. The van der Waals surface area contributed by atoms with Crippen molar-refractivity contribution in [2.24, 2.45) is 0 Å². The second-order valence-electron chi connectivity index (χ2n) is 6.43. The topological polar surface area (TPSA) is 93.7 Å². The van der Waals surface area contributed by atoms with Crippen molar-refractivity contribution in [1.82, 2.24) is 10.0 Å². The van der Waals surface area contributed by atoms with E-state index in [1.807, 2.05) is 18.2 Å². The number of carbonyl (C=O) groups excluding carboxylic acids is 1. The molecule has 150 valence electrons. The molecule has 0 atom stereocenters. The van der Waals surface area contributed by atoms with Gasteiger partial charge < -0.3 is 14.8 Å². The number of rotatable bonds is 8. The Kier molecular flexibility index (Phi) is 6.53. The van der Waals surface area contributed by atoms with Gasteiger partial charge in [0.2, 0.25) is 15.9 Å². The summed E-state index contributed by atoms with van der Waals surface area (Å²) < 4.78 is 36.7. The molecular weight excluding hydrogens is 380 g/mol. The van der Waals surface area contributed by atoms with Gasteiger partial charge in [0, 0.05) is 13.0 Å². The summed E-state index contributed by atoms with van der Waals surface area (Å²) in [5.74, 6) is 1.47. The molecule has 0 aromatic heterocycles. The number of amides is 1. The fourth-order valence-electron chi connectivity index (χ4n) is 2.89. The summed E-state index contributed by atoms with van der Waals surface area (Å²) in [6.07, 6.45) is 1.61. The molecule has 1 heterocycles. The highest BCUT2D eigenvalue weighted by atomic mass is 32.2. The molecule has 8 heteroatoms. The van der Waals surface area contributed by atoms with Crippen LogP contribution in [0.15, 0.2) is 47.4 Å². The van der Waals surface area contributed by atoms with E-state index in [9.17, 15) is 13.2 Å². The Balaban J connectivity index is 1.42. The molecule has 0 unspecified atom stereocenters. The lowest BCUT2D eigenvalue weighted by atomic mass is 10.1. The van der Waals surface area contributed by atoms with Crippen LogP contribution in [0.2, 0.25) is 0 Å². The number of nitrogens with one attached hydrogen (secondary N) is 2. The Labute approximate surface area is 165 Å². The molecule has 0 fully saturated rings.